The normalized spacial score (nSPS) is 10.2. The van der Waals surface area contributed by atoms with Crippen molar-refractivity contribution in [3.63, 3.8) is 0 Å². The number of carbonyl (C=O) groups is 2. The van der Waals surface area contributed by atoms with Crippen LogP contribution in [0.4, 0.5) is 5.69 Å². The smallest absolute Gasteiger partial charge is 0.344 e. The fourth-order valence-electron chi connectivity index (χ4n) is 1.34. The van der Waals surface area contributed by atoms with E-state index in [4.69, 9.17) is 20.9 Å². The van der Waals surface area contributed by atoms with E-state index in [0.717, 1.165) is 0 Å². The van der Waals surface area contributed by atoms with Gasteiger partial charge in [0.1, 0.15) is 0 Å². The molecule has 0 radical (unpaired) electrons. The van der Waals surface area contributed by atoms with Gasteiger partial charge in [-0.25, -0.2) is 4.79 Å². The fraction of sp³-hybridized carbons (Fsp3) is 0.333. The maximum absolute atomic E-state index is 11.3. The zero-order valence-corrected chi connectivity index (χ0v) is 10.3. The Balaban J connectivity index is 2.78. The number of amides is 1. The summed E-state index contributed by atoms with van der Waals surface area (Å²) < 4.78 is 10.1. The van der Waals surface area contributed by atoms with E-state index >= 15 is 0 Å². The van der Waals surface area contributed by atoms with Gasteiger partial charge in [-0.15, -0.1) is 0 Å². The number of anilines is 1. The summed E-state index contributed by atoms with van der Waals surface area (Å²) in [6.07, 6.45) is -0.232. The third-order valence-corrected chi connectivity index (χ3v) is 2.01. The van der Waals surface area contributed by atoms with E-state index in [9.17, 15) is 9.59 Å². The van der Waals surface area contributed by atoms with Crippen molar-refractivity contribution in [1.29, 1.82) is 0 Å². The van der Waals surface area contributed by atoms with Gasteiger partial charge in [0.25, 0.3) is 5.91 Å². The Morgan fingerprint density at radius 2 is 2.00 bits per heavy atom. The average molecular weight is 252 g/mol. The largest absolute Gasteiger partial charge is 0.479 e. The van der Waals surface area contributed by atoms with Gasteiger partial charge in [-0.2, -0.15) is 0 Å². The van der Waals surface area contributed by atoms with Crippen molar-refractivity contribution in [3.05, 3.63) is 23.8 Å². The SMILES string of the molecule is CC(C)OC(=O)COc1c(N)cccc1C(N)=O. The molecule has 0 atom stereocenters. The molecule has 6 nitrogen and oxygen atoms in total. The van der Waals surface area contributed by atoms with Crippen molar-refractivity contribution in [1.82, 2.24) is 0 Å². The lowest BCUT2D eigenvalue weighted by atomic mass is 10.1. The van der Waals surface area contributed by atoms with Gasteiger partial charge in [-0.3, -0.25) is 4.79 Å². The number of para-hydroxylation sites is 1. The van der Waals surface area contributed by atoms with Gasteiger partial charge in [-0.1, -0.05) is 6.07 Å². The molecule has 6 heteroatoms. The molecule has 98 valence electrons. The van der Waals surface area contributed by atoms with E-state index in [2.05, 4.69) is 0 Å². The molecular weight excluding hydrogens is 236 g/mol. The molecule has 0 aliphatic carbocycles. The van der Waals surface area contributed by atoms with Gasteiger partial charge < -0.3 is 20.9 Å². The van der Waals surface area contributed by atoms with E-state index in [1.165, 1.54) is 6.07 Å². The van der Waals surface area contributed by atoms with Crippen molar-refractivity contribution in [2.24, 2.45) is 5.73 Å². The van der Waals surface area contributed by atoms with Gasteiger partial charge >= 0.3 is 5.97 Å². The minimum atomic E-state index is -0.672. The van der Waals surface area contributed by atoms with Crippen LogP contribution < -0.4 is 16.2 Å². The highest BCUT2D eigenvalue weighted by atomic mass is 16.6. The molecule has 0 saturated carbocycles. The van der Waals surface area contributed by atoms with Crippen LogP contribution in [-0.4, -0.2) is 24.6 Å². The van der Waals surface area contributed by atoms with Crippen LogP contribution in [0.1, 0.15) is 24.2 Å². The first kappa shape index (κ1) is 13.8. The van der Waals surface area contributed by atoms with Crippen LogP contribution in [0.15, 0.2) is 18.2 Å². The highest BCUT2D eigenvalue weighted by Gasteiger charge is 2.14. The maximum Gasteiger partial charge on any atom is 0.344 e. The fourth-order valence-corrected chi connectivity index (χ4v) is 1.34. The summed E-state index contributed by atoms with van der Waals surface area (Å²) in [5.74, 6) is -1.11. The zero-order chi connectivity index (χ0) is 13.7. The summed E-state index contributed by atoms with van der Waals surface area (Å²) in [6, 6.07) is 4.60. The van der Waals surface area contributed by atoms with Crippen molar-refractivity contribution in [2.75, 3.05) is 12.3 Å². The second kappa shape index (κ2) is 5.90. The third-order valence-electron chi connectivity index (χ3n) is 2.01. The second-order valence-corrected chi connectivity index (χ2v) is 3.92. The van der Waals surface area contributed by atoms with Gasteiger partial charge in [0.2, 0.25) is 0 Å². The lowest BCUT2D eigenvalue weighted by Gasteiger charge is -2.12. The highest BCUT2D eigenvalue weighted by molar-refractivity contribution is 5.97. The summed E-state index contributed by atoms with van der Waals surface area (Å²) in [7, 11) is 0. The summed E-state index contributed by atoms with van der Waals surface area (Å²) in [5.41, 5.74) is 11.2. The predicted octanol–water partition coefficient (Wildman–Crippen LogP) is 0.698. The maximum atomic E-state index is 11.3. The summed E-state index contributed by atoms with van der Waals surface area (Å²) >= 11 is 0. The van der Waals surface area contributed by atoms with Crippen LogP contribution >= 0.6 is 0 Å². The van der Waals surface area contributed by atoms with Crippen LogP contribution in [0.2, 0.25) is 0 Å². The van der Waals surface area contributed by atoms with Gasteiger partial charge in [0.05, 0.1) is 17.4 Å². The first-order chi connectivity index (χ1) is 8.41. The Morgan fingerprint density at radius 3 is 2.56 bits per heavy atom. The number of carbonyl (C=O) groups excluding carboxylic acids is 2. The summed E-state index contributed by atoms with van der Waals surface area (Å²) in [6.45, 7) is 3.12. The molecule has 0 aromatic heterocycles. The molecule has 1 aromatic rings. The molecule has 0 spiro atoms. The van der Waals surface area contributed by atoms with Crippen LogP contribution in [0.5, 0.6) is 5.75 Å². The van der Waals surface area contributed by atoms with Crippen LogP contribution in [0.25, 0.3) is 0 Å². The highest BCUT2D eigenvalue weighted by Crippen LogP contribution is 2.25. The van der Waals surface area contributed by atoms with E-state index < -0.39 is 11.9 Å². The Hall–Kier alpha value is -2.24. The van der Waals surface area contributed by atoms with E-state index in [1.54, 1.807) is 26.0 Å². The molecule has 0 unspecified atom stereocenters. The molecule has 4 N–H and O–H groups in total. The molecule has 0 bridgehead atoms. The molecule has 0 heterocycles. The minimum Gasteiger partial charge on any atom is -0.479 e. The number of hydrogen-bond acceptors (Lipinski definition) is 5. The number of ether oxygens (including phenoxy) is 2. The van der Waals surface area contributed by atoms with Gasteiger partial charge in [0.15, 0.2) is 12.4 Å². The van der Waals surface area contributed by atoms with Crippen LogP contribution in [0.3, 0.4) is 0 Å². The quantitative estimate of drug-likeness (QED) is 0.592. The number of primary amides is 1. The molecule has 0 aliphatic heterocycles. The second-order valence-electron chi connectivity index (χ2n) is 3.92. The van der Waals surface area contributed by atoms with Gasteiger partial charge in [-0.05, 0) is 26.0 Å². The monoisotopic (exact) mass is 252 g/mol. The molecular formula is C12H16N2O4. The number of nitrogen functional groups attached to an aromatic ring is 1. The first-order valence-electron chi connectivity index (χ1n) is 5.42. The Morgan fingerprint density at radius 1 is 1.33 bits per heavy atom. The topological polar surface area (TPSA) is 105 Å². The number of hydrogen-bond donors (Lipinski definition) is 2. The summed E-state index contributed by atoms with van der Waals surface area (Å²) in [4.78, 5) is 22.5. The Labute approximate surface area is 105 Å². The molecule has 0 fully saturated rings. The standard InChI is InChI=1S/C12H16N2O4/c1-7(2)18-10(15)6-17-11-8(12(14)16)4-3-5-9(11)13/h3-5,7H,6,13H2,1-2H3,(H2,14,16). The first-order valence-corrected chi connectivity index (χ1v) is 5.42. The van der Waals surface area contributed by atoms with Crippen molar-refractivity contribution >= 4 is 17.6 Å². The third kappa shape index (κ3) is 3.65. The number of benzene rings is 1. The van der Waals surface area contributed by atoms with Crippen molar-refractivity contribution in [2.45, 2.75) is 20.0 Å². The van der Waals surface area contributed by atoms with Crippen LogP contribution in [-0.2, 0) is 9.53 Å². The summed E-state index contributed by atoms with van der Waals surface area (Å²) in [5, 5.41) is 0. The van der Waals surface area contributed by atoms with E-state index in [-0.39, 0.29) is 29.7 Å². The lowest BCUT2D eigenvalue weighted by molar-refractivity contribution is -0.149. The molecule has 18 heavy (non-hydrogen) atoms. The number of rotatable bonds is 5. The van der Waals surface area contributed by atoms with Crippen LogP contribution in [0, 0.1) is 0 Å². The molecule has 1 rings (SSSR count). The Kier molecular flexibility index (Phi) is 4.53. The number of esters is 1. The zero-order valence-electron chi connectivity index (χ0n) is 10.3. The van der Waals surface area contributed by atoms with Crippen molar-refractivity contribution < 1.29 is 19.1 Å². The van der Waals surface area contributed by atoms with E-state index in [0.29, 0.717) is 0 Å². The molecule has 1 amide bonds. The average Bonchev–Trinajstić information content (AvgIpc) is 2.25. The molecule has 1 aromatic carbocycles. The lowest BCUT2D eigenvalue weighted by Crippen LogP contribution is -2.21. The minimum absolute atomic E-state index is 0.103. The predicted molar refractivity (Wildman–Crippen MR) is 66.1 cm³/mol. The van der Waals surface area contributed by atoms with E-state index in [1.807, 2.05) is 0 Å². The Bertz CT molecular complexity index is 457. The van der Waals surface area contributed by atoms with Gasteiger partial charge in [0, 0.05) is 0 Å². The van der Waals surface area contributed by atoms with Crippen molar-refractivity contribution in [3.8, 4) is 5.75 Å². The number of nitrogens with two attached hydrogens (primary N) is 2. The molecule has 0 saturated heterocycles. The molecule has 0 aliphatic rings.